The number of nitrogens with one attached hydrogen (secondary N) is 1. The maximum atomic E-state index is 13.1. The number of ether oxygens (including phenoxy) is 1. The first-order valence-electron chi connectivity index (χ1n) is 8.50. The molecule has 0 fully saturated rings. The zero-order chi connectivity index (χ0) is 17.8. The maximum absolute atomic E-state index is 13.1. The first-order chi connectivity index (χ1) is 12.2. The number of benzene rings is 2. The van der Waals surface area contributed by atoms with Crippen molar-refractivity contribution in [1.29, 1.82) is 0 Å². The van der Waals surface area contributed by atoms with Crippen LogP contribution < -0.4 is 10.1 Å². The lowest BCUT2D eigenvalue weighted by Crippen LogP contribution is -2.47. The highest BCUT2D eigenvalue weighted by molar-refractivity contribution is 6.02. The molecule has 0 saturated carbocycles. The van der Waals surface area contributed by atoms with Crippen LogP contribution in [0.15, 0.2) is 48.5 Å². The van der Waals surface area contributed by atoms with Crippen molar-refractivity contribution in [3.05, 3.63) is 59.7 Å². The van der Waals surface area contributed by atoms with Gasteiger partial charge in [0.05, 0.1) is 5.56 Å². The number of hydrogen-bond acceptors (Lipinski definition) is 3. The second-order valence-electron chi connectivity index (χ2n) is 6.09. The van der Waals surface area contributed by atoms with Gasteiger partial charge in [0.1, 0.15) is 18.5 Å². The van der Waals surface area contributed by atoms with Crippen LogP contribution in [0.1, 0.15) is 42.4 Å². The average molecular weight is 334 g/mol. The third-order valence-corrected chi connectivity index (χ3v) is 4.55. The molecule has 4 heteroatoms. The first kappa shape index (κ1) is 16.9. The van der Waals surface area contributed by atoms with Gasteiger partial charge in [-0.1, -0.05) is 43.2 Å². The van der Waals surface area contributed by atoms with E-state index in [1.54, 1.807) is 0 Å². The fraction of sp³-hybridized carbons (Fsp3) is 0.286. The summed E-state index contributed by atoms with van der Waals surface area (Å²) in [7, 11) is 0. The van der Waals surface area contributed by atoms with Crippen molar-refractivity contribution in [2.75, 3.05) is 11.9 Å². The molecule has 2 atom stereocenters. The van der Waals surface area contributed by atoms with Crippen LogP contribution in [0, 0.1) is 12.3 Å². The van der Waals surface area contributed by atoms with Gasteiger partial charge < -0.3 is 15.0 Å². The van der Waals surface area contributed by atoms with E-state index in [0.29, 0.717) is 11.3 Å². The zero-order valence-electron chi connectivity index (χ0n) is 14.5. The predicted octanol–water partition coefficient (Wildman–Crippen LogP) is 4.06. The van der Waals surface area contributed by atoms with E-state index in [4.69, 9.17) is 11.2 Å². The summed E-state index contributed by atoms with van der Waals surface area (Å²) in [5.74, 6) is 3.21. The molecular formula is C21H22N2O2. The van der Waals surface area contributed by atoms with E-state index in [9.17, 15) is 4.79 Å². The van der Waals surface area contributed by atoms with Crippen molar-refractivity contribution in [3.8, 4) is 18.1 Å². The molecule has 0 unspecified atom stereocenters. The summed E-state index contributed by atoms with van der Waals surface area (Å²) < 4.78 is 5.71. The van der Waals surface area contributed by atoms with Gasteiger partial charge in [-0.25, -0.2) is 0 Å². The van der Waals surface area contributed by atoms with E-state index in [1.165, 1.54) is 0 Å². The third kappa shape index (κ3) is 3.18. The Labute approximate surface area is 148 Å². The van der Waals surface area contributed by atoms with Crippen LogP contribution in [0.4, 0.5) is 5.69 Å². The number of amides is 1. The Morgan fingerprint density at radius 1 is 1.24 bits per heavy atom. The summed E-state index contributed by atoms with van der Waals surface area (Å²) >= 11 is 0. The number of terminal acetylenes is 1. The molecular weight excluding hydrogens is 312 g/mol. The second kappa shape index (κ2) is 7.31. The van der Waals surface area contributed by atoms with Crippen LogP contribution in [-0.2, 0) is 0 Å². The minimum atomic E-state index is -0.300. The lowest BCUT2D eigenvalue weighted by Gasteiger charge is -2.41. The highest BCUT2D eigenvalue weighted by Gasteiger charge is 2.36. The Morgan fingerprint density at radius 3 is 2.72 bits per heavy atom. The van der Waals surface area contributed by atoms with Crippen molar-refractivity contribution in [3.63, 3.8) is 0 Å². The minimum Gasteiger partial charge on any atom is -0.481 e. The average Bonchev–Trinajstić information content (AvgIpc) is 2.66. The largest absolute Gasteiger partial charge is 0.481 e. The zero-order valence-corrected chi connectivity index (χ0v) is 14.5. The summed E-state index contributed by atoms with van der Waals surface area (Å²) in [4.78, 5) is 15.0. The molecule has 0 saturated heterocycles. The SMILES string of the molecule is C#CCOc1ccccc1[C@@H]1Nc2ccccc2C(=O)N1[C@@H](C)CC. The van der Waals surface area contributed by atoms with Gasteiger partial charge in [0.15, 0.2) is 0 Å². The van der Waals surface area contributed by atoms with E-state index >= 15 is 0 Å². The Balaban J connectivity index is 2.07. The van der Waals surface area contributed by atoms with Gasteiger partial charge in [0.25, 0.3) is 5.91 Å². The van der Waals surface area contributed by atoms with E-state index in [1.807, 2.05) is 53.4 Å². The molecule has 1 aliphatic rings. The molecule has 25 heavy (non-hydrogen) atoms. The van der Waals surface area contributed by atoms with Crippen LogP contribution in [0.5, 0.6) is 5.75 Å². The number of rotatable bonds is 5. The monoisotopic (exact) mass is 334 g/mol. The minimum absolute atomic E-state index is 0.0282. The molecule has 0 spiro atoms. The van der Waals surface area contributed by atoms with Gasteiger partial charge >= 0.3 is 0 Å². The number of nitrogens with zero attached hydrogens (tertiary/aromatic N) is 1. The molecule has 1 heterocycles. The number of anilines is 1. The molecule has 2 aromatic carbocycles. The van der Waals surface area contributed by atoms with E-state index in [-0.39, 0.29) is 24.7 Å². The van der Waals surface area contributed by atoms with Crippen molar-refractivity contribution >= 4 is 11.6 Å². The molecule has 1 N–H and O–H groups in total. The third-order valence-electron chi connectivity index (χ3n) is 4.55. The molecule has 0 aliphatic carbocycles. The second-order valence-corrected chi connectivity index (χ2v) is 6.09. The smallest absolute Gasteiger partial charge is 0.258 e. The van der Waals surface area contributed by atoms with Crippen molar-refractivity contribution in [2.24, 2.45) is 0 Å². The normalized spacial score (nSPS) is 17.2. The summed E-state index contributed by atoms with van der Waals surface area (Å²) in [6.45, 7) is 4.33. The predicted molar refractivity (Wildman–Crippen MR) is 99.5 cm³/mol. The maximum Gasteiger partial charge on any atom is 0.258 e. The quantitative estimate of drug-likeness (QED) is 0.838. The summed E-state index contributed by atoms with van der Waals surface area (Å²) in [6, 6.07) is 15.4. The highest BCUT2D eigenvalue weighted by atomic mass is 16.5. The summed E-state index contributed by atoms with van der Waals surface area (Å²) in [5.41, 5.74) is 2.44. The van der Waals surface area contributed by atoms with Crippen molar-refractivity contribution in [1.82, 2.24) is 4.90 Å². The van der Waals surface area contributed by atoms with Crippen LogP contribution in [0.2, 0.25) is 0 Å². The Morgan fingerprint density at radius 2 is 1.96 bits per heavy atom. The summed E-state index contributed by atoms with van der Waals surface area (Å²) in [6.07, 6.45) is 5.89. The molecule has 0 radical (unpaired) electrons. The Kier molecular flexibility index (Phi) is 4.95. The number of fused-ring (bicyclic) bond motifs is 1. The standard InChI is InChI=1S/C21H22N2O2/c1-4-14-25-19-13-9-7-11-17(19)20-22-18-12-8-6-10-16(18)21(24)23(20)15(3)5-2/h1,6-13,15,20,22H,5,14H2,2-3H3/t15-,20+/m0/s1. The molecule has 128 valence electrons. The summed E-state index contributed by atoms with van der Waals surface area (Å²) in [5, 5.41) is 3.50. The van der Waals surface area contributed by atoms with Gasteiger partial charge in [-0.05, 0) is 31.5 Å². The Hall–Kier alpha value is -2.93. The van der Waals surface area contributed by atoms with E-state index in [0.717, 1.165) is 17.7 Å². The van der Waals surface area contributed by atoms with Gasteiger partial charge in [-0.3, -0.25) is 4.79 Å². The van der Waals surface area contributed by atoms with E-state index < -0.39 is 0 Å². The number of carbonyl (C=O) groups is 1. The molecule has 4 nitrogen and oxygen atoms in total. The molecule has 1 aliphatic heterocycles. The molecule has 0 bridgehead atoms. The lowest BCUT2D eigenvalue weighted by atomic mass is 10.0. The van der Waals surface area contributed by atoms with Crippen molar-refractivity contribution in [2.45, 2.75) is 32.5 Å². The molecule has 2 aromatic rings. The molecule has 3 rings (SSSR count). The number of carbonyl (C=O) groups excluding carboxylic acids is 1. The first-order valence-corrected chi connectivity index (χ1v) is 8.50. The van der Waals surface area contributed by atoms with Crippen LogP contribution in [0.3, 0.4) is 0 Å². The fourth-order valence-electron chi connectivity index (χ4n) is 3.10. The molecule has 1 amide bonds. The Bertz CT molecular complexity index is 810. The molecule has 0 aromatic heterocycles. The van der Waals surface area contributed by atoms with Crippen LogP contribution >= 0.6 is 0 Å². The van der Waals surface area contributed by atoms with Crippen LogP contribution in [0.25, 0.3) is 0 Å². The topological polar surface area (TPSA) is 41.6 Å². The number of hydrogen-bond donors (Lipinski definition) is 1. The van der Waals surface area contributed by atoms with Gasteiger partial charge in [-0.2, -0.15) is 0 Å². The van der Waals surface area contributed by atoms with Gasteiger partial charge in [-0.15, -0.1) is 6.42 Å². The fourth-order valence-corrected chi connectivity index (χ4v) is 3.10. The highest BCUT2D eigenvalue weighted by Crippen LogP contribution is 2.38. The van der Waals surface area contributed by atoms with Crippen LogP contribution in [-0.4, -0.2) is 23.5 Å². The van der Waals surface area contributed by atoms with Gasteiger partial charge in [0, 0.05) is 17.3 Å². The van der Waals surface area contributed by atoms with Crippen molar-refractivity contribution < 1.29 is 9.53 Å². The van der Waals surface area contributed by atoms with E-state index in [2.05, 4.69) is 25.1 Å². The van der Waals surface area contributed by atoms with Gasteiger partial charge in [0.2, 0.25) is 0 Å². The number of para-hydroxylation sites is 2. The lowest BCUT2D eigenvalue weighted by molar-refractivity contribution is 0.0591.